The van der Waals surface area contributed by atoms with E-state index in [1.54, 1.807) is 37.5 Å². The van der Waals surface area contributed by atoms with Gasteiger partial charge in [-0.1, -0.05) is 24.8 Å². The predicted octanol–water partition coefficient (Wildman–Crippen LogP) is 3.71. The first-order valence-electron chi connectivity index (χ1n) is 9.63. The van der Waals surface area contributed by atoms with E-state index in [9.17, 15) is 22.4 Å². The number of H-pyrrole nitrogens is 1. The molecule has 0 unspecified atom stereocenters. The molecular weight excluding hydrogens is 449 g/mol. The molecule has 4 aromatic rings. The van der Waals surface area contributed by atoms with Crippen LogP contribution in [0.25, 0.3) is 21.9 Å². The van der Waals surface area contributed by atoms with Crippen molar-refractivity contribution in [1.29, 1.82) is 0 Å². The summed E-state index contributed by atoms with van der Waals surface area (Å²) < 4.78 is 46.7. The van der Waals surface area contributed by atoms with Gasteiger partial charge in [0.1, 0.15) is 17.3 Å². The summed E-state index contributed by atoms with van der Waals surface area (Å²) in [6.07, 6.45) is 1.56. The van der Waals surface area contributed by atoms with Gasteiger partial charge in [0.25, 0.3) is 21.1 Å². The molecule has 2 N–H and O–H groups in total. The van der Waals surface area contributed by atoms with Gasteiger partial charge in [-0.25, -0.2) is 12.8 Å². The van der Waals surface area contributed by atoms with Crippen LogP contribution in [0.4, 0.5) is 10.1 Å². The van der Waals surface area contributed by atoms with Crippen LogP contribution in [0.5, 0.6) is 11.6 Å². The number of benzene rings is 2. The Hall–Kier alpha value is -4.18. The molecular formula is C23H18FN3O5S. The first-order valence-corrected chi connectivity index (χ1v) is 11.2. The predicted molar refractivity (Wildman–Crippen MR) is 124 cm³/mol. The van der Waals surface area contributed by atoms with Crippen molar-refractivity contribution in [1.82, 2.24) is 9.55 Å². The zero-order valence-corrected chi connectivity index (χ0v) is 18.1. The van der Waals surface area contributed by atoms with Crippen molar-refractivity contribution in [3.8, 4) is 22.8 Å². The van der Waals surface area contributed by atoms with Crippen LogP contribution < -0.4 is 20.6 Å². The summed E-state index contributed by atoms with van der Waals surface area (Å²) in [7, 11) is -2.40. The molecule has 0 spiro atoms. The van der Waals surface area contributed by atoms with E-state index in [-0.39, 0.29) is 22.9 Å². The number of aryl methyl sites for hydroxylation is 1. The standard InChI is InChI=1S/C23H18FN3O5S/c1-3-33(30,31)26-20-12-18(19-13-27(2)23(29)17-7-5-4-6-16(17)19)22(25-21(20)28)32-15-10-8-14(24)9-11-15/h3-13,26H,1H2,2H3,(H,25,28). The number of aromatic nitrogens is 2. The maximum Gasteiger partial charge on any atom is 0.275 e. The van der Waals surface area contributed by atoms with E-state index in [0.29, 0.717) is 27.3 Å². The number of nitrogens with one attached hydrogen (secondary N) is 2. The Kier molecular flexibility index (Phi) is 5.60. The fourth-order valence-electron chi connectivity index (χ4n) is 3.32. The lowest BCUT2D eigenvalue weighted by molar-refractivity contribution is 0.462. The molecule has 0 saturated heterocycles. The molecule has 168 valence electrons. The number of anilines is 1. The normalized spacial score (nSPS) is 11.3. The molecule has 33 heavy (non-hydrogen) atoms. The van der Waals surface area contributed by atoms with Gasteiger partial charge in [0, 0.05) is 35.2 Å². The molecule has 0 amide bonds. The van der Waals surface area contributed by atoms with Gasteiger partial charge in [-0.05, 0) is 41.8 Å². The van der Waals surface area contributed by atoms with Gasteiger partial charge in [-0.2, -0.15) is 0 Å². The van der Waals surface area contributed by atoms with E-state index in [1.165, 1.54) is 34.9 Å². The van der Waals surface area contributed by atoms with Gasteiger partial charge in [0.2, 0.25) is 5.88 Å². The van der Waals surface area contributed by atoms with Gasteiger partial charge in [-0.15, -0.1) is 0 Å². The van der Waals surface area contributed by atoms with E-state index < -0.39 is 21.4 Å². The number of pyridine rings is 2. The monoisotopic (exact) mass is 467 g/mol. The first kappa shape index (κ1) is 22.0. The second kappa shape index (κ2) is 8.40. The highest BCUT2D eigenvalue weighted by Crippen LogP contribution is 2.35. The fourth-order valence-corrected chi connectivity index (χ4v) is 3.86. The van der Waals surface area contributed by atoms with Crippen molar-refractivity contribution in [2.75, 3.05) is 4.72 Å². The average Bonchev–Trinajstić information content (AvgIpc) is 2.79. The van der Waals surface area contributed by atoms with E-state index in [2.05, 4.69) is 16.3 Å². The summed E-state index contributed by atoms with van der Waals surface area (Å²) in [6.45, 7) is 3.23. The maximum absolute atomic E-state index is 13.3. The smallest absolute Gasteiger partial charge is 0.275 e. The summed E-state index contributed by atoms with van der Waals surface area (Å²) in [5, 5.41) is 1.66. The van der Waals surface area contributed by atoms with Crippen LogP contribution in [0.2, 0.25) is 0 Å². The minimum absolute atomic E-state index is 0.0167. The third-order valence-corrected chi connectivity index (χ3v) is 5.83. The molecule has 2 aromatic carbocycles. The van der Waals surface area contributed by atoms with Crippen molar-refractivity contribution >= 4 is 26.5 Å². The molecule has 10 heteroatoms. The van der Waals surface area contributed by atoms with Crippen molar-refractivity contribution in [2.24, 2.45) is 7.05 Å². The Morgan fingerprint density at radius 3 is 2.39 bits per heavy atom. The number of halogens is 1. The van der Waals surface area contributed by atoms with Crippen molar-refractivity contribution < 1.29 is 17.5 Å². The van der Waals surface area contributed by atoms with Crippen LogP contribution in [0.3, 0.4) is 0 Å². The Morgan fingerprint density at radius 1 is 1.06 bits per heavy atom. The molecule has 0 aliphatic rings. The summed E-state index contributed by atoms with van der Waals surface area (Å²) in [5.41, 5.74) is -0.468. The van der Waals surface area contributed by atoms with Gasteiger partial charge < -0.3 is 9.30 Å². The number of sulfonamides is 1. The van der Waals surface area contributed by atoms with E-state index >= 15 is 0 Å². The molecule has 2 heterocycles. The maximum atomic E-state index is 13.3. The largest absolute Gasteiger partial charge is 0.440 e. The number of aromatic amines is 1. The lowest BCUT2D eigenvalue weighted by atomic mass is 10.0. The average molecular weight is 467 g/mol. The number of hydrogen-bond acceptors (Lipinski definition) is 5. The molecule has 0 radical (unpaired) electrons. The molecule has 0 aliphatic carbocycles. The third-order valence-electron chi connectivity index (χ3n) is 4.89. The van der Waals surface area contributed by atoms with Crippen molar-refractivity contribution in [3.05, 3.63) is 99.3 Å². The summed E-state index contributed by atoms with van der Waals surface area (Å²) in [4.78, 5) is 27.8. The lowest BCUT2D eigenvalue weighted by Gasteiger charge is -2.15. The van der Waals surface area contributed by atoms with Gasteiger partial charge in [-0.3, -0.25) is 19.3 Å². The summed E-state index contributed by atoms with van der Waals surface area (Å²) in [5.74, 6) is -0.242. The highest BCUT2D eigenvalue weighted by Gasteiger charge is 2.19. The van der Waals surface area contributed by atoms with Gasteiger partial charge in [0.05, 0.1) is 0 Å². The zero-order chi connectivity index (χ0) is 23.8. The van der Waals surface area contributed by atoms with Crippen LogP contribution >= 0.6 is 0 Å². The van der Waals surface area contributed by atoms with Crippen LogP contribution in [-0.2, 0) is 17.1 Å². The summed E-state index contributed by atoms with van der Waals surface area (Å²) in [6, 6.07) is 13.3. The van der Waals surface area contributed by atoms with E-state index in [4.69, 9.17) is 4.74 Å². The Morgan fingerprint density at radius 2 is 1.73 bits per heavy atom. The molecule has 8 nitrogen and oxygen atoms in total. The Labute approximate surface area is 187 Å². The van der Waals surface area contributed by atoms with Crippen LogP contribution in [0.1, 0.15) is 0 Å². The highest BCUT2D eigenvalue weighted by atomic mass is 32.2. The number of hydrogen-bond donors (Lipinski definition) is 2. The van der Waals surface area contributed by atoms with Crippen LogP contribution in [0.15, 0.2) is 82.4 Å². The number of rotatable bonds is 6. The van der Waals surface area contributed by atoms with Crippen molar-refractivity contribution in [2.45, 2.75) is 0 Å². The second-order valence-corrected chi connectivity index (χ2v) is 8.76. The molecule has 0 saturated carbocycles. The van der Waals surface area contributed by atoms with Crippen LogP contribution in [0, 0.1) is 5.82 Å². The van der Waals surface area contributed by atoms with Gasteiger partial charge >= 0.3 is 0 Å². The fraction of sp³-hybridized carbons (Fsp3) is 0.0435. The van der Waals surface area contributed by atoms with Crippen LogP contribution in [-0.4, -0.2) is 18.0 Å². The van der Waals surface area contributed by atoms with Gasteiger partial charge in [0.15, 0.2) is 0 Å². The number of fused-ring (bicyclic) bond motifs is 1. The molecule has 4 rings (SSSR count). The third kappa shape index (κ3) is 4.41. The first-order chi connectivity index (χ1) is 15.7. The van der Waals surface area contributed by atoms with E-state index in [0.717, 1.165) is 0 Å². The molecule has 0 atom stereocenters. The topological polar surface area (TPSA) is 110 Å². The molecule has 0 aliphatic heterocycles. The zero-order valence-electron chi connectivity index (χ0n) is 17.3. The SMILES string of the molecule is C=CS(=O)(=O)Nc1cc(-c2cn(C)c(=O)c3ccccc23)c(Oc2ccc(F)cc2)[nH]c1=O. The Balaban J connectivity index is 2.00. The summed E-state index contributed by atoms with van der Waals surface area (Å²) >= 11 is 0. The second-order valence-electron chi connectivity index (χ2n) is 7.13. The minimum Gasteiger partial charge on any atom is -0.440 e. The molecule has 2 aromatic heterocycles. The molecule has 0 bridgehead atoms. The highest BCUT2D eigenvalue weighted by molar-refractivity contribution is 7.95. The molecule has 0 fully saturated rings. The number of ether oxygens (including phenoxy) is 1. The van der Waals surface area contributed by atoms with E-state index in [1.807, 2.05) is 0 Å². The van der Waals surface area contributed by atoms with Crippen molar-refractivity contribution in [3.63, 3.8) is 0 Å². The minimum atomic E-state index is -3.97. The Bertz CT molecular complexity index is 1610. The number of nitrogens with zero attached hydrogens (tertiary/aromatic N) is 1. The quantitative estimate of drug-likeness (QED) is 0.449. The lowest BCUT2D eigenvalue weighted by Crippen LogP contribution is -2.20.